The molecule has 1 heterocycles. The first kappa shape index (κ1) is 12.8. The van der Waals surface area contributed by atoms with Crippen molar-refractivity contribution in [3.05, 3.63) is 22.9 Å². The van der Waals surface area contributed by atoms with Crippen molar-refractivity contribution in [2.24, 2.45) is 0 Å². The number of nitrogens with zero attached hydrogens (tertiary/aromatic N) is 1. The number of nitrogens with one attached hydrogen (secondary N) is 1. The third kappa shape index (κ3) is 5.50. The van der Waals surface area contributed by atoms with Crippen LogP contribution in [0.4, 0.5) is 0 Å². The van der Waals surface area contributed by atoms with Crippen molar-refractivity contribution in [1.82, 2.24) is 10.3 Å². The van der Waals surface area contributed by atoms with E-state index in [0.717, 1.165) is 35.8 Å². The summed E-state index contributed by atoms with van der Waals surface area (Å²) in [6.07, 6.45) is 9.84. The number of rotatable bonds is 8. The summed E-state index contributed by atoms with van der Waals surface area (Å²) in [4.78, 5) is 4.06. The molecule has 3 nitrogen and oxygen atoms in total. The summed E-state index contributed by atoms with van der Waals surface area (Å²) in [5.41, 5.74) is 0. The standard InChI is InChI=1S/C13H19BrN2O/c14-11-8-13(10-15-9-11)17-7-3-1-2-6-16-12-4-5-12/h8-10,12,16H,1-7H2. The van der Waals surface area contributed by atoms with Crippen molar-refractivity contribution in [3.63, 3.8) is 0 Å². The monoisotopic (exact) mass is 298 g/mol. The molecule has 0 bridgehead atoms. The van der Waals surface area contributed by atoms with Crippen LogP contribution in [0.15, 0.2) is 22.9 Å². The van der Waals surface area contributed by atoms with Crippen LogP contribution in [-0.2, 0) is 0 Å². The van der Waals surface area contributed by atoms with E-state index in [9.17, 15) is 0 Å². The third-order valence-electron chi connectivity index (χ3n) is 2.78. The summed E-state index contributed by atoms with van der Waals surface area (Å²) < 4.78 is 6.58. The predicted molar refractivity (Wildman–Crippen MR) is 72.3 cm³/mol. The van der Waals surface area contributed by atoms with Crippen LogP contribution in [0.5, 0.6) is 5.75 Å². The van der Waals surface area contributed by atoms with Gasteiger partial charge in [0.15, 0.2) is 0 Å². The topological polar surface area (TPSA) is 34.1 Å². The zero-order valence-corrected chi connectivity index (χ0v) is 11.6. The maximum absolute atomic E-state index is 5.61. The Morgan fingerprint density at radius 3 is 2.94 bits per heavy atom. The van der Waals surface area contributed by atoms with E-state index < -0.39 is 0 Å². The fourth-order valence-corrected chi connectivity index (χ4v) is 2.00. The lowest BCUT2D eigenvalue weighted by Gasteiger charge is -2.06. The Morgan fingerprint density at radius 1 is 1.29 bits per heavy atom. The first-order valence-electron chi connectivity index (χ1n) is 6.31. The first-order chi connectivity index (χ1) is 8.34. The van der Waals surface area contributed by atoms with Gasteiger partial charge in [0, 0.05) is 16.7 Å². The maximum Gasteiger partial charge on any atom is 0.138 e. The Kier molecular flexibility index (Phi) is 5.26. The van der Waals surface area contributed by atoms with Crippen LogP contribution in [0.1, 0.15) is 32.1 Å². The molecule has 94 valence electrons. The Labute approximate surface area is 111 Å². The maximum atomic E-state index is 5.61. The lowest BCUT2D eigenvalue weighted by atomic mass is 10.2. The van der Waals surface area contributed by atoms with Crippen LogP contribution in [0.3, 0.4) is 0 Å². The highest BCUT2D eigenvalue weighted by Gasteiger charge is 2.19. The summed E-state index contributed by atoms with van der Waals surface area (Å²) in [5, 5.41) is 3.52. The van der Waals surface area contributed by atoms with Crippen LogP contribution in [0.25, 0.3) is 0 Å². The SMILES string of the molecule is Brc1cncc(OCCCCCNC2CC2)c1. The molecule has 0 saturated heterocycles. The second kappa shape index (κ2) is 6.97. The lowest BCUT2D eigenvalue weighted by Crippen LogP contribution is -2.17. The number of aromatic nitrogens is 1. The highest BCUT2D eigenvalue weighted by molar-refractivity contribution is 9.10. The molecule has 1 aliphatic rings. The summed E-state index contributed by atoms with van der Waals surface area (Å²) >= 11 is 3.37. The molecule has 0 radical (unpaired) electrons. The number of hydrogen-bond acceptors (Lipinski definition) is 3. The molecule has 0 atom stereocenters. The van der Waals surface area contributed by atoms with Crippen LogP contribution in [0.2, 0.25) is 0 Å². The van der Waals surface area contributed by atoms with E-state index in [0.29, 0.717) is 0 Å². The molecule has 1 N–H and O–H groups in total. The van der Waals surface area contributed by atoms with E-state index in [-0.39, 0.29) is 0 Å². The fourth-order valence-electron chi connectivity index (χ4n) is 1.66. The average molecular weight is 299 g/mol. The van der Waals surface area contributed by atoms with Gasteiger partial charge in [0.1, 0.15) is 5.75 Å². The lowest BCUT2D eigenvalue weighted by molar-refractivity contribution is 0.303. The van der Waals surface area contributed by atoms with Crippen molar-refractivity contribution in [1.29, 1.82) is 0 Å². The van der Waals surface area contributed by atoms with Crippen LogP contribution >= 0.6 is 15.9 Å². The molecular formula is C13H19BrN2O. The number of unbranched alkanes of at least 4 members (excludes halogenated alkanes) is 2. The molecule has 1 aromatic rings. The Balaban J connectivity index is 1.47. The minimum Gasteiger partial charge on any atom is -0.492 e. The first-order valence-corrected chi connectivity index (χ1v) is 7.10. The molecule has 2 rings (SSSR count). The van der Waals surface area contributed by atoms with E-state index in [1.807, 2.05) is 6.07 Å². The molecule has 1 saturated carbocycles. The molecule has 0 aromatic carbocycles. The second-order valence-corrected chi connectivity index (χ2v) is 5.39. The van der Waals surface area contributed by atoms with Gasteiger partial charge < -0.3 is 10.1 Å². The van der Waals surface area contributed by atoms with Gasteiger partial charge in [0.05, 0.1) is 12.8 Å². The smallest absolute Gasteiger partial charge is 0.138 e. The highest BCUT2D eigenvalue weighted by atomic mass is 79.9. The van der Waals surface area contributed by atoms with Crippen LogP contribution < -0.4 is 10.1 Å². The molecule has 0 aliphatic heterocycles. The van der Waals surface area contributed by atoms with E-state index >= 15 is 0 Å². The largest absolute Gasteiger partial charge is 0.492 e. The van der Waals surface area contributed by atoms with Crippen molar-refractivity contribution in [3.8, 4) is 5.75 Å². The number of ether oxygens (including phenoxy) is 1. The molecule has 0 amide bonds. The zero-order chi connectivity index (χ0) is 11.9. The minimum absolute atomic E-state index is 0.779. The quantitative estimate of drug-likeness (QED) is 0.749. The Hall–Kier alpha value is -0.610. The van der Waals surface area contributed by atoms with Gasteiger partial charge >= 0.3 is 0 Å². The average Bonchev–Trinajstić information content (AvgIpc) is 3.12. The van der Waals surface area contributed by atoms with Crippen LogP contribution in [0, 0.1) is 0 Å². The summed E-state index contributed by atoms with van der Waals surface area (Å²) in [6, 6.07) is 2.78. The van der Waals surface area contributed by atoms with Gasteiger partial charge in [-0.2, -0.15) is 0 Å². The minimum atomic E-state index is 0.779. The van der Waals surface area contributed by atoms with Crippen molar-refractivity contribution in [2.45, 2.75) is 38.1 Å². The van der Waals surface area contributed by atoms with Gasteiger partial charge in [0.2, 0.25) is 0 Å². The van der Waals surface area contributed by atoms with E-state index in [2.05, 4.69) is 26.2 Å². The molecule has 1 aromatic heterocycles. The van der Waals surface area contributed by atoms with Gasteiger partial charge in [-0.25, -0.2) is 0 Å². The highest BCUT2D eigenvalue weighted by Crippen LogP contribution is 2.18. The van der Waals surface area contributed by atoms with E-state index in [1.54, 1.807) is 12.4 Å². The fraction of sp³-hybridized carbons (Fsp3) is 0.615. The molecule has 1 fully saturated rings. The summed E-state index contributed by atoms with van der Waals surface area (Å²) in [7, 11) is 0. The molecule has 0 spiro atoms. The van der Waals surface area contributed by atoms with Gasteiger partial charge in [-0.1, -0.05) is 0 Å². The normalized spacial score (nSPS) is 14.9. The second-order valence-electron chi connectivity index (χ2n) is 4.48. The molecule has 4 heteroatoms. The van der Waals surface area contributed by atoms with Crippen molar-refractivity contribution < 1.29 is 4.74 Å². The molecular weight excluding hydrogens is 280 g/mol. The Morgan fingerprint density at radius 2 is 2.18 bits per heavy atom. The Bertz CT molecular complexity index is 342. The van der Waals surface area contributed by atoms with Gasteiger partial charge in [-0.05, 0) is 60.6 Å². The zero-order valence-electron chi connectivity index (χ0n) is 9.99. The summed E-state index contributed by atoms with van der Waals surface area (Å²) in [5.74, 6) is 0.843. The van der Waals surface area contributed by atoms with Crippen molar-refractivity contribution in [2.75, 3.05) is 13.2 Å². The molecule has 1 aliphatic carbocycles. The molecule has 0 unspecified atom stereocenters. The summed E-state index contributed by atoms with van der Waals surface area (Å²) in [6.45, 7) is 1.94. The van der Waals surface area contributed by atoms with E-state index in [4.69, 9.17) is 4.74 Å². The predicted octanol–water partition coefficient (Wildman–Crippen LogP) is 3.15. The number of halogens is 1. The van der Waals surface area contributed by atoms with Gasteiger partial charge in [-0.3, -0.25) is 4.98 Å². The van der Waals surface area contributed by atoms with Gasteiger partial charge in [-0.15, -0.1) is 0 Å². The molecule has 17 heavy (non-hydrogen) atoms. The van der Waals surface area contributed by atoms with Gasteiger partial charge in [0.25, 0.3) is 0 Å². The third-order valence-corrected chi connectivity index (χ3v) is 3.21. The number of pyridine rings is 1. The number of hydrogen-bond donors (Lipinski definition) is 1. The van der Waals surface area contributed by atoms with Crippen molar-refractivity contribution >= 4 is 15.9 Å². The van der Waals surface area contributed by atoms with Crippen LogP contribution in [-0.4, -0.2) is 24.2 Å². The van der Waals surface area contributed by atoms with E-state index in [1.165, 1.54) is 25.7 Å².